The summed E-state index contributed by atoms with van der Waals surface area (Å²) in [6.45, 7) is 5.28. The van der Waals surface area contributed by atoms with Gasteiger partial charge in [-0.05, 0) is 80.9 Å². The van der Waals surface area contributed by atoms with Crippen LogP contribution in [0.25, 0.3) is 44.0 Å². The van der Waals surface area contributed by atoms with Gasteiger partial charge in [-0.2, -0.15) is 10.2 Å². The number of oxazole rings is 2. The third-order valence-electron chi connectivity index (χ3n) is 14.1. The number of nitrogen functional groups attached to an aromatic ring is 2. The van der Waals surface area contributed by atoms with Crippen LogP contribution in [-0.2, 0) is 9.59 Å². The SMILES string of the molecule is C=CC(=O)N1CC[C@H](n2cc(C#Cc3cc4nc(C5CCC5/C=C/C(=O)N5CC[C@H](n6cc(C#Cc7ccc8oc(C9CC9)nc8c7)c7c(N)n[nH]c(=O)c76)C5)oc4cc3F)c3c(N)n[nH]c(=O)c32)C1. The van der Waals surface area contributed by atoms with Crippen molar-refractivity contribution in [2.75, 3.05) is 37.6 Å². The van der Waals surface area contributed by atoms with Crippen molar-refractivity contribution in [2.24, 2.45) is 5.92 Å². The van der Waals surface area contributed by atoms with Crippen LogP contribution < -0.4 is 22.6 Å². The van der Waals surface area contributed by atoms with E-state index >= 15 is 4.39 Å². The highest BCUT2D eigenvalue weighted by Crippen LogP contribution is 2.44. The molecule has 12 rings (SSSR count). The van der Waals surface area contributed by atoms with Gasteiger partial charge >= 0.3 is 0 Å². The number of halogens is 1. The number of aromatic nitrogens is 8. The van der Waals surface area contributed by atoms with E-state index in [2.05, 4.69) is 55.6 Å². The van der Waals surface area contributed by atoms with Crippen LogP contribution in [0.4, 0.5) is 16.0 Å². The number of hydrogen-bond acceptors (Lipinski definition) is 12. The predicted molar refractivity (Wildman–Crippen MR) is 257 cm³/mol. The lowest BCUT2D eigenvalue weighted by Crippen LogP contribution is -2.28. The second-order valence-corrected chi connectivity index (χ2v) is 18.4. The maximum Gasteiger partial charge on any atom is 0.288 e. The molecule has 2 aliphatic carbocycles. The number of nitrogens with two attached hydrogens (primary N) is 2. The Morgan fingerprint density at radius 3 is 1.96 bits per heavy atom. The predicted octanol–water partition coefficient (Wildman–Crippen LogP) is 5.51. The smallest absolute Gasteiger partial charge is 0.288 e. The van der Waals surface area contributed by atoms with Crippen LogP contribution in [0.1, 0.15) is 96.5 Å². The topological polar surface area (TPSA) is 246 Å². The van der Waals surface area contributed by atoms with Gasteiger partial charge in [-0.25, -0.2) is 24.6 Å². The van der Waals surface area contributed by atoms with E-state index in [9.17, 15) is 19.2 Å². The molecule has 2 aliphatic heterocycles. The minimum atomic E-state index is -0.616. The number of rotatable bonds is 7. The number of fused-ring (bicyclic) bond motifs is 4. The highest BCUT2D eigenvalue weighted by molar-refractivity contribution is 5.96. The molecule has 0 bridgehead atoms. The zero-order valence-electron chi connectivity index (χ0n) is 37.5. The van der Waals surface area contributed by atoms with Gasteiger partial charge in [0.1, 0.15) is 27.9 Å². The molecule has 6 N–H and O–H groups in total. The van der Waals surface area contributed by atoms with Gasteiger partial charge in [-0.1, -0.05) is 36.3 Å². The fourth-order valence-corrected chi connectivity index (χ4v) is 10.1. The van der Waals surface area contributed by atoms with Crippen molar-refractivity contribution in [1.29, 1.82) is 0 Å². The van der Waals surface area contributed by atoms with Gasteiger partial charge in [0, 0.05) is 62.0 Å². The maximum absolute atomic E-state index is 15.6. The van der Waals surface area contributed by atoms with Crippen LogP contribution in [0.5, 0.6) is 0 Å². The molecule has 2 saturated heterocycles. The molecule has 8 aromatic rings. The number of anilines is 2. The van der Waals surface area contributed by atoms with Gasteiger partial charge in [0.05, 0.1) is 39.5 Å². The van der Waals surface area contributed by atoms with E-state index in [1.807, 2.05) is 35.0 Å². The van der Waals surface area contributed by atoms with Gasteiger partial charge in [-0.15, -0.1) is 0 Å². The number of hydrogen-bond donors (Lipinski definition) is 4. The molecule has 8 heterocycles. The number of carbonyl (C=O) groups is 2. The van der Waals surface area contributed by atoms with Crippen LogP contribution in [0.2, 0.25) is 0 Å². The van der Waals surface area contributed by atoms with E-state index in [1.54, 1.807) is 26.6 Å². The van der Waals surface area contributed by atoms with Crippen molar-refractivity contribution < 1.29 is 22.8 Å². The number of nitrogens with one attached hydrogen (secondary N) is 2. The molecule has 350 valence electrons. The minimum Gasteiger partial charge on any atom is -0.440 e. The first-order chi connectivity index (χ1) is 34.0. The van der Waals surface area contributed by atoms with Crippen molar-refractivity contribution in [3.05, 3.63) is 128 Å². The zero-order valence-corrected chi connectivity index (χ0v) is 37.5. The van der Waals surface area contributed by atoms with Crippen LogP contribution in [0.3, 0.4) is 0 Å². The quantitative estimate of drug-likeness (QED) is 0.114. The van der Waals surface area contributed by atoms with Crippen molar-refractivity contribution in [1.82, 2.24) is 49.3 Å². The Morgan fingerprint density at radius 2 is 1.33 bits per heavy atom. The molecule has 19 heteroatoms. The molecule has 6 aromatic heterocycles. The lowest BCUT2D eigenvalue weighted by Gasteiger charge is -2.31. The molecule has 4 atom stereocenters. The van der Waals surface area contributed by atoms with Crippen molar-refractivity contribution in [3.8, 4) is 23.7 Å². The average Bonchev–Trinajstić information content (AvgIpc) is 3.98. The lowest BCUT2D eigenvalue weighted by atomic mass is 9.73. The summed E-state index contributed by atoms with van der Waals surface area (Å²) in [5, 5.41) is 13.7. The number of H-pyrrole nitrogens is 2. The lowest BCUT2D eigenvalue weighted by molar-refractivity contribution is -0.125. The highest BCUT2D eigenvalue weighted by atomic mass is 19.1. The van der Waals surface area contributed by atoms with Crippen molar-refractivity contribution in [3.63, 3.8) is 0 Å². The van der Waals surface area contributed by atoms with Gasteiger partial charge in [0.25, 0.3) is 11.1 Å². The number of aromatic amines is 2. The second-order valence-electron chi connectivity index (χ2n) is 18.4. The highest BCUT2D eigenvalue weighted by Gasteiger charge is 2.36. The largest absolute Gasteiger partial charge is 0.440 e. The maximum atomic E-state index is 15.6. The number of allylic oxidation sites excluding steroid dienone is 1. The van der Waals surface area contributed by atoms with Crippen molar-refractivity contribution in [2.45, 2.75) is 62.4 Å². The third kappa shape index (κ3) is 7.37. The first kappa shape index (κ1) is 42.6. The van der Waals surface area contributed by atoms with E-state index in [0.717, 1.165) is 48.2 Å². The van der Waals surface area contributed by atoms with Gasteiger partial charge in [0.2, 0.25) is 11.8 Å². The van der Waals surface area contributed by atoms with Gasteiger partial charge in [0.15, 0.2) is 34.6 Å². The van der Waals surface area contributed by atoms with E-state index in [4.69, 9.17) is 25.3 Å². The number of nitrogens with zero attached hydrogens (tertiary/aromatic N) is 8. The first-order valence-electron chi connectivity index (χ1n) is 23.2. The van der Waals surface area contributed by atoms with E-state index in [-0.39, 0.29) is 64.0 Å². The van der Waals surface area contributed by atoms with Crippen LogP contribution >= 0.6 is 0 Å². The molecule has 2 saturated carbocycles. The molecule has 70 heavy (non-hydrogen) atoms. The minimum absolute atomic E-state index is 0.0327. The van der Waals surface area contributed by atoms with E-state index < -0.39 is 16.9 Å². The van der Waals surface area contributed by atoms with Crippen LogP contribution in [-0.4, -0.2) is 87.3 Å². The molecule has 4 aliphatic rings. The average molecular weight is 939 g/mol. The van der Waals surface area contributed by atoms with Crippen LogP contribution in [0, 0.1) is 35.4 Å². The van der Waals surface area contributed by atoms with E-state index in [0.29, 0.717) is 83.8 Å². The number of amides is 2. The summed E-state index contributed by atoms with van der Waals surface area (Å²) < 4.78 is 31.2. The summed E-state index contributed by atoms with van der Waals surface area (Å²) in [7, 11) is 0. The second kappa shape index (κ2) is 16.5. The molecule has 18 nitrogen and oxygen atoms in total. The molecular formula is C51H43FN12O6. The third-order valence-corrected chi connectivity index (χ3v) is 14.1. The summed E-state index contributed by atoms with van der Waals surface area (Å²) in [6.07, 6.45) is 13.2. The zero-order chi connectivity index (χ0) is 47.9. The van der Waals surface area contributed by atoms with Crippen molar-refractivity contribution >= 4 is 67.5 Å². The number of carbonyl (C=O) groups excluding carboxylic acids is 2. The summed E-state index contributed by atoms with van der Waals surface area (Å²) in [5.41, 5.74) is 16.2. The van der Waals surface area contributed by atoms with Gasteiger partial charge < -0.3 is 39.2 Å². The summed E-state index contributed by atoms with van der Waals surface area (Å²) in [5.74, 6) is 13.0. The Morgan fingerprint density at radius 1 is 0.729 bits per heavy atom. The molecule has 4 fully saturated rings. The molecule has 2 unspecified atom stereocenters. The van der Waals surface area contributed by atoms with Gasteiger partial charge in [-0.3, -0.25) is 19.2 Å². The molecule has 0 radical (unpaired) electrons. The standard InChI is InChI=1S/C51H43FN12O6/c1-2-40(65)61-17-15-32(24-61)64-23-31(43-45(64)49(68)60-58-47(43)54)9-8-29-20-37-39(21-35(29)52)70-51(56-37)34-12-10-27(34)11-14-41(66)62-18-16-33(25-62)63-22-30(42-44(63)48(67)59-57-46(42)53)5-3-26-4-13-38-36(19-26)55-50(69-38)28-6-7-28/h2,4,11,13-14,19-23,27-28,32-34H,1,6-7,10,12,15-18,24-25H2,(H2,53,57)(H2,54,58)(H,59,67)(H,60,68)/b14-11+/t27?,32-,33-,34?/m0/s1. The normalized spacial score (nSPS) is 20.1. The number of benzene rings is 2. The number of likely N-dealkylation sites (tertiary alicyclic amines) is 2. The Kier molecular flexibility index (Phi) is 10.1. The first-order valence-corrected chi connectivity index (χ1v) is 23.2. The van der Waals surface area contributed by atoms with E-state index in [1.165, 1.54) is 18.2 Å². The molecule has 2 aromatic carbocycles. The fraction of sp³-hybridized carbons (Fsp3) is 0.294. The summed E-state index contributed by atoms with van der Waals surface area (Å²) in [6, 6.07) is 7.97. The molecule has 2 amide bonds. The monoisotopic (exact) mass is 938 g/mol. The Hall–Kier alpha value is -8.71. The molecule has 0 spiro atoms. The Labute approximate surface area is 396 Å². The Bertz CT molecular complexity index is 3830. The van der Waals surface area contributed by atoms with Crippen LogP contribution in [0.15, 0.2) is 86.0 Å². The summed E-state index contributed by atoms with van der Waals surface area (Å²) in [4.78, 5) is 65.1. The fourth-order valence-electron chi connectivity index (χ4n) is 10.1. The summed E-state index contributed by atoms with van der Waals surface area (Å²) >= 11 is 0. The molecular weight excluding hydrogens is 896 g/mol. The Balaban J connectivity index is 0.739.